The molecule has 13 heavy (non-hydrogen) atoms. The lowest BCUT2D eigenvalue weighted by atomic mass is 10.2. The summed E-state index contributed by atoms with van der Waals surface area (Å²) < 4.78 is 0. The first-order chi connectivity index (χ1) is 5.72. The lowest BCUT2D eigenvalue weighted by Gasteiger charge is -1.87. The third-order valence-corrected chi connectivity index (χ3v) is 1.22. The molecule has 0 unspecified atom stereocenters. The summed E-state index contributed by atoms with van der Waals surface area (Å²) in [5.41, 5.74) is 0.541. The van der Waals surface area contributed by atoms with Gasteiger partial charge in [0.2, 0.25) is 0 Å². The number of nitrogens with one attached hydrogen (secondary N) is 1. The Morgan fingerprint density at radius 3 is 2.00 bits per heavy atom. The van der Waals surface area contributed by atoms with Gasteiger partial charge < -0.3 is 5.41 Å². The molecule has 0 aliphatic carbocycles. The number of rotatable bonds is 1. The first-order valence-electron chi connectivity index (χ1n) is 3.42. The minimum absolute atomic E-state index is 0. The summed E-state index contributed by atoms with van der Waals surface area (Å²) >= 11 is 5.16. The SMILES string of the molecule is CC=N.Cl.O=C(Cl)c1ccccc1. The first-order valence-corrected chi connectivity index (χ1v) is 3.80. The molecule has 1 aromatic rings. The van der Waals surface area contributed by atoms with E-state index in [4.69, 9.17) is 17.0 Å². The lowest BCUT2D eigenvalue weighted by Crippen LogP contribution is -1.84. The molecular weight excluding hydrogens is 209 g/mol. The van der Waals surface area contributed by atoms with Crippen LogP contribution in [0.25, 0.3) is 0 Å². The average Bonchev–Trinajstić information content (AvgIpc) is 2.07. The third kappa shape index (κ3) is 7.50. The molecule has 0 heterocycles. The van der Waals surface area contributed by atoms with E-state index in [1.807, 2.05) is 6.07 Å². The van der Waals surface area contributed by atoms with Crippen molar-refractivity contribution in [3.63, 3.8) is 0 Å². The zero-order chi connectivity index (χ0) is 9.40. The van der Waals surface area contributed by atoms with Crippen LogP contribution in [0.2, 0.25) is 0 Å². The Morgan fingerprint density at radius 2 is 1.77 bits per heavy atom. The second-order valence-corrected chi connectivity index (χ2v) is 2.27. The van der Waals surface area contributed by atoms with E-state index in [0.29, 0.717) is 5.56 Å². The number of carbonyl (C=O) groups is 1. The van der Waals surface area contributed by atoms with Crippen LogP contribution in [-0.4, -0.2) is 11.5 Å². The Morgan fingerprint density at radius 1 is 1.38 bits per heavy atom. The minimum atomic E-state index is -0.407. The summed E-state index contributed by atoms with van der Waals surface area (Å²) in [5, 5.41) is 5.68. The Balaban J connectivity index is 0. The molecule has 1 aromatic carbocycles. The van der Waals surface area contributed by atoms with Crippen LogP contribution in [0.4, 0.5) is 0 Å². The number of benzene rings is 1. The Bertz CT molecular complexity index is 249. The zero-order valence-electron chi connectivity index (χ0n) is 7.16. The van der Waals surface area contributed by atoms with Crippen LogP contribution in [-0.2, 0) is 0 Å². The number of hydrogen-bond donors (Lipinski definition) is 1. The van der Waals surface area contributed by atoms with Crippen molar-refractivity contribution in [1.29, 1.82) is 5.41 Å². The van der Waals surface area contributed by atoms with Crippen LogP contribution in [0.3, 0.4) is 0 Å². The summed E-state index contributed by atoms with van der Waals surface area (Å²) in [7, 11) is 0. The van der Waals surface area contributed by atoms with Gasteiger partial charge in [-0.25, -0.2) is 0 Å². The average molecular weight is 220 g/mol. The van der Waals surface area contributed by atoms with Crippen molar-refractivity contribution in [3.05, 3.63) is 35.9 Å². The number of halogens is 2. The maximum atomic E-state index is 10.4. The molecule has 0 aliphatic heterocycles. The van der Waals surface area contributed by atoms with Crippen LogP contribution < -0.4 is 0 Å². The summed E-state index contributed by atoms with van der Waals surface area (Å²) in [6, 6.07) is 8.74. The molecule has 0 spiro atoms. The van der Waals surface area contributed by atoms with Gasteiger partial charge in [0.1, 0.15) is 0 Å². The molecule has 0 saturated heterocycles. The molecule has 72 valence electrons. The minimum Gasteiger partial charge on any atom is -0.313 e. The van der Waals surface area contributed by atoms with Gasteiger partial charge in [-0.05, 0) is 24.7 Å². The highest BCUT2D eigenvalue weighted by molar-refractivity contribution is 6.67. The summed E-state index contributed by atoms with van der Waals surface area (Å²) in [4.78, 5) is 10.4. The molecule has 0 radical (unpaired) electrons. The van der Waals surface area contributed by atoms with E-state index in [0.717, 1.165) is 0 Å². The molecule has 4 heteroatoms. The predicted octanol–water partition coefficient (Wildman–Crippen LogP) is 3.14. The maximum absolute atomic E-state index is 10.4. The third-order valence-electron chi connectivity index (χ3n) is 1.00. The van der Waals surface area contributed by atoms with Crippen LogP contribution in [0.5, 0.6) is 0 Å². The fourth-order valence-corrected chi connectivity index (χ4v) is 0.695. The van der Waals surface area contributed by atoms with Gasteiger partial charge in [-0.1, -0.05) is 30.3 Å². The Hall–Kier alpha value is -0.860. The second-order valence-electron chi connectivity index (χ2n) is 1.93. The van der Waals surface area contributed by atoms with Crippen LogP contribution in [0, 0.1) is 5.41 Å². The van der Waals surface area contributed by atoms with Crippen LogP contribution in [0.15, 0.2) is 30.3 Å². The van der Waals surface area contributed by atoms with Crippen molar-refractivity contribution in [2.24, 2.45) is 0 Å². The highest BCUT2D eigenvalue weighted by Gasteiger charge is 1.95. The van der Waals surface area contributed by atoms with Gasteiger partial charge in [-0.2, -0.15) is 0 Å². The summed E-state index contributed by atoms with van der Waals surface area (Å²) in [5.74, 6) is 0. The summed E-state index contributed by atoms with van der Waals surface area (Å²) in [6.07, 6.45) is 1.25. The van der Waals surface area contributed by atoms with Crippen molar-refractivity contribution < 1.29 is 4.79 Å². The second kappa shape index (κ2) is 9.23. The van der Waals surface area contributed by atoms with E-state index in [-0.39, 0.29) is 12.4 Å². The molecule has 1 rings (SSSR count). The quantitative estimate of drug-likeness (QED) is 0.573. The van der Waals surface area contributed by atoms with E-state index in [9.17, 15) is 4.79 Å². The normalized spacial score (nSPS) is 7.23. The van der Waals surface area contributed by atoms with Crippen molar-refractivity contribution in [1.82, 2.24) is 0 Å². The van der Waals surface area contributed by atoms with Crippen molar-refractivity contribution in [3.8, 4) is 0 Å². The van der Waals surface area contributed by atoms with E-state index >= 15 is 0 Å². The fraction of sp³-hybridized carbons (Fsp3) is 0.111. The van der Waals surface area contributed by atoms with Crippen molar-refractivity contribution >= 4 is 35.5 Å². The monoisotopic (exact) mass is 219 g/mol. The van der Waals surface area contributed by atoms with E-state index in [2.05, 4.69) is 0 Å². The predicted molar refractivity (Wildman–Crippen MR) is 58.3 cm³/mol. The molecule has 1 N–H and O–H groups in total. The van der Waals surface area contributed by atoms with E-state index < -0.39 is 5.24 Å². The van der Waals surface area contributed by atoms with Gasteiger partial charge in [-0.3, -0.25) is 4.79 Å². The largest absolute Gasteiger partial charge is 0.313 e. The van der Waals surface area contributed by atoms with Crippen molar-refractivity contribution in [2.75, 3.05) is 0 Å². The molecule has 0 fully saturated rings. The molecule has 0 amide bonds. The van der Waals surface area contributed by atoms with E-state index in [1.54, 1.807) is 31.2 Å². The van der Waals surface area contributed by atoms with Gasteiger partial charge in [-0.15, -0.1) is 12.4 Å². The van der Waals surface area contributed by atoms with Crippen LogP contribution in [0.1, 0.15) is 17.3 Å². The van der Waals surface area contributed by atoms with Gasteiger partial charge in [0, 0.05) is 5.56 Å². The highest BCUT2D eigenvalue weighted by Crippen LogP contribution is 2.01. The Labute approximate surface area is 88.8 Å². The van der Waals surface area contributed by atoms with E-state index in [1.165, 1.54) is 6.21 Å². The number of carbonyl (C=O) groups excluding carboxylic acids is 1. The molecule has 0 bridgehead atoms. The zero-order valence-corrected chi connectivity index (χ0v) is 8.73. The Kier molecular flexibility index (Phi) is 10.4. The van der Waals surface area contributed by atoms with Crippen molar-refractivity contribution in [2.45, 2.75) is 6.92 Å². The smallest absolute Gasteiger partial charge is 0.252 e. The highest BCUT2D eigenvalue weighted by atomic mass is 35.5. The van der Waals surface area contributed by atoms with Crippen LogP contribution >= 0.6 is 24.0 Å². The molecule has 0 aliphatic rings. The first kappa shape index (κ1) is 14.7. The molecular formula is C9H11Cl2NO. The fourth-order valence-electron chi connectivity index (χ4n) is 0.569. The molecule has 0 saturated carbocycles. The molecule has 0 aromatic heterocycles. The van der Waals surface area contributed by atoms with Gasteiger partial charge in [0.05, 0.1) is 0 Å². The van der Waals surface area contributed by atoms with Gasteiger partial charge >= 0.3 is 0 Å². The standard InChI is InChI=1S/C7H5ClO.C2H5N.ClH/c8-7(9)6-4-2-1-3-5-6;1-2-3;/h1-5H;2-3H,1H3;1H. The van der Waals surface area contributed by atoms with Gasteiger partial charge in [0.25, 0.3) is 5.24 Å². The molecule has 2 nitrogen and oxygen atoms in total. The van der Waals surface area contributed by atoms with Gasteiger partial charge in [0.15, 0.2) is 0 Å². The number of hydrogen-bond acceptors (Lipinski definition) is 2. The maximum Gasteiger partial charge on any atom is 0.252 e. The summed E-state index contributed by atoms with van der Waals surface area (Å²) in [6.45, 7) is 1.67. The molecule has 0 atom stereocenters. The lowest BCUT2D eigenvalue weighted by molar-refractivity contribution is 0.108. The topological polar surface area (TPSA) is 40.9 Å².